The van der Waals surface area contributed by atoms with Crippen LogP contribution in [0.4, 0.5) is 0 Å². The summed E-state index contributed by atoms with van der Waals surface area (Å²) in [7, 11) is 0. The van der Waals surface area contributed by atoms with Gasteiger partial charge in [0, 0.05) is 5.02 Å². The van der Waals surface area contributed by atoms with Crippen molar-refractivity contribution in [3.05, 3.63) is 40.4 Å². The minimum atomic E-state index is -0.0304. The monoisotopic (exact) mass is 211 g/mol. The highest BCUT2D eigenvalue weighted by molar-refractivity contribution is 6.31. The number of hydrogen-bond acceptors (Lipinski definition) is 2. The van der Waals surface area contributed by atoms with Crippen molar-refractivity contribution in [1.29, 1.82) is 0 Å². The lowest BCUT2D eigenvalue weighted by Crippen LogP contribution is -1.95. The zero-order chi connectivity index (χ0) is 10.4. The highest BCUT2D eigenvalue weighted by atomic mass is 35.5. The molecular formula is C11H14ClNO. The summed E-state index contributed by atoms with van der Waals surface area (Å²) in [5.41, 5.74) is 7.15. The molecule has 0 saturated carbocycles. The van der Waals surface area contributed by atoms with Gasteiger partial charge in [-0.15, -0.1) is 0 Å². The fourth-order valence-electron chi connectivity index (χ4n) is 1.14. The summed E-state index contributed by atoms with van der Waals surface area (Å²) >= 11 is 5.85. The lowest BCUT2D eigenvalue weighted by Gasteiger charge is -2.01. The second-order valence-corrected chi connectivity index (χ2v) is 3.40. The summed E-state index contributed by atoms with van der Waals surface area (Å²) in [4.78, 5) is 0. The van der Waals surface area contributed by atoms with Crippen LogP contribution in [-0.2, 0) is 6.61 Å². The average molecular weight is 212 g/mol. The van der Waals surface area contributed by atoms with E-state index in [4.69, 9.17) is 22.4 Å². The third kappa shape index (κ3) is 3.14. The summed E-state index contributed by atoms with van der Waals surface area (Å²) in [5, 5.41) is 9.59. The first-order valence-corrected chi connectivity index (χ1v) is 4.91. The maximum absolute atomic E-state index is 8.99. The molecule has 0 aliphatic carbocycles. The molecule has 0 bridgehead atoms. The van der Waals surface area contributed by atoms with Crippen LogP contribution in [0, 0.1) is 0 Å². The van der Waals surface area contributed by atoms with E-state index in [1.165, 1.54) is 0 Å². The highest BCUT2D eigenvalue weighted by Gasteiger charge is 1.98. The molecule has 76 valence electrons. The molecule has 14 heavy (non-hydrogen) atoms. The number of aliphatic hydroxyl groups excluding tert-OH is 1. The normalized spacial score (nSPS) is 11.1. The Balaban J connectivity index is 2.79. The van der Waals surface area contributed by atoms with E-state index in [1.54, 1.807) is 6.07 Å². The Labute approximate surface area is 89.0 Å². The fourth-order valence-corrected chi connectivity index (χ4v) is 1.31. The van der Waals surface area contributed by atoms with E-state index in [-0.39, 0.29) is 6.61 Å². The molecule has 0 fully saturated rings. The van der Waals surface area contributed by atoms with Gasteiger partial charge in [-0.1, -0.05) is 29.8 Å². The number of aliphatic hydroxyl groups is 1. The Bertz CT molecular complexity index is 323. The molecule has 1 aromatic rings. The second-order valence-electron chi connectivity index (χ2n) is 2.99. The topological polar surface area (TPSA) is 46.2 Å². The summed E-state index contributed by atoms with van der Waals surface area (Å²) in [5.74, 6) is 0. The van der Waals surface area contributed by atoms with Gasteiger partial charge in [-0.3, -0.25) is 0 Å². The van der Waals surface area contributed by atoms with Gasteiger partial charge >= 0.3 is 0 Å². The minimum absolute atomic E-state index is 0.0304. The van der Waals surface area contributed by atoms with Crippen LogP contribution >= 0.6 is 11.6 Å². The molecule has 2 nitrogen and oxygen atoms in total. The zero-order valence-electron chi connectivity index (χ0n) is 7.91. The van der Waals surface area contributed by atoms with Gasteiger partial charge in [0.25, 0.3) is 0 Å². The first kappa shape index (κ1) is 11.2. The van der Waals surface area contributed by atoms with Crippen LogP contribution in [0.3, 0.4) is 0 Å². The molecule has 3 N–H and O–H groups in total. The SMILES string of the molecule is NCCC=Cc1ccc(Cl)c(CO)c1. The van der Waals surface area contributed by atoms with Gasteiger partial charge in [0.05, 0.1) is 6.61 Å². The third-order valence-corrected chi connectivity index (χ3v) is 2.25. The molecule has 0 heterocycles. The molecule has 0 spiro atoms. The number of halogens is 1. The van der Waals surface area contributed by atoms with E-state index in [0.717, 1.165) is 17.5 Å². The Morgan fingerprint density at radius 3 is 2.86 bits per heavy atom. The van der Waals surface area contributed by atoms with Crippen molar-refractivity contribution in [3.63, 3.8) is 0 Å². The van der Waals surface area contributed by atoms with E-state index in [1.807, 2.05) is 24.3 Å². The zero-order valence-corrected chi connectivity index (χ0v) is 8.67. The van der Waals surface area contributed by atoms with Crippen LogP contribution in [0.1, 0.15) is 17.5 Å². The molecule has 0 aliphatic heterocycles. The van der Waals surface area contributed by atoms with E-state index in [0.29, 0.717) is 11.6 Å². The van der Waals surface area contributed by atoms with Crippen molar-refractivity contribution >= 4 is 17.7 Å². The number of benzene rings is 1. The number of rotatable bonds is 4. The van der Waals surface area contributed by atoms with E-state index in [2.05, 4.69) is 0 Å². The lowest BCUT2D eigenvalue weighted by atomic mass is 10.1. The Morgan fingerprint density at radius 1 is 1.43 bits per heavy atom. The summed E-state index contributed by atoms with van der Waals surface area (Å²) < 4.78 is 0. The van der Waals surface area contributed by atoms with Gasteiger partial charge < -0.3 is 10.8 Å². The molecule has 3 heteroatoms. The highest BCUT2D eigenvalue weighted by Crippen LogP contribution is 2.18. The molecule has 1 rings (SSSR count). The molecule has 0 saturated heterocycles. The lowest BCUT2D eigenvalue weighted by molar-refractivity contribution is 0.282. The maximum atomic E-state index is 8.99. The van der Waals surface area contributed by atoms with Crippen LogP contribution in [0.15, 0.2) is 24.3 Å². The summed E-state index contributed by atoms with van der Waals surface area (Å²) in [6, 6.07) is 5.57. The average Bonchev–Trinajstić information content (AvgIpc) is 2.21. The van der Waals surface area contributed by atoms with Crippen molar-refractivity contribution in [2.75, 3.05) is 6.54 Å². The number of nitrogens with two attached hydrogens (primary N) is 1. The van der Waals surface area contributed by atoms with Gasteiger partial charge in [-0.25, -0.2) is 0 Å². The van der Waals surface area contributed by atoms with E-state index in [9.17, 15) is 0 Å². The smallest absolute Gasteiger partial charge is 0.0696 e. The van der Waals surface area contributed by atoms with Crippen LogP contribution in [-0.4, -0.2) is 11.7 Å². The molecule has 0 amide bonds. The van der Waals surface area contributed by atoms with Crippen molar-refractivity contribution in [2.45, 2.75) is 13.0 Å². The van der Waals surface area contributed by atoms with Crippen molar-refractivity contribution < 1.29 is 5.11 Å². The maximum Gasteiger partial charge on any atom is 0.0696 e. The van der Waals surface area contributed by atoms with Gasteiger partial charge in [-0.2, -0.15) is 0 Å². The Morgan fingerprint density at radius 2 is 2.21 bits per heavy atom. The van der Waals surface area contributed by atoms with Crippen molar-refractivity contribution in [1.82, 2.24) is 0 Å². The first-order chi connectivity index (χ1) is 6.77. The Kier molecular flexibility index (Phi) is 4.66. The van der Waals surface area contributed by atoms with Gasteiger partial charge in [-0.05, 0) is 36.2 Å². The molecule has 0 atom stereocenters. The predicted octanol–water partition coefficient (Wildman–Crippen LogP) is 2.19. The summed E-state index contributed by atoms with van der Waals surface area (Å²) in [6.07, 6.45) is 4.84. The molecule has 0 aromatic heterocycles. The molecule has 0 aliphatic rings. The third-order valence-electron chi connectivity index (χ3n) is 1.88. The predicted molar refractivity (Wildman–Crippen MR) is 60.1 cm³/mol. The first-order valence-electron chi connectivity index (χ1n) is 4.54. The quantitative estimate of drug-likeness (QED) is 0.802. The Hall–Kier alpha value is -0.830. The molecule has 0 unspecified atom stereocenters. The second kappa shape index (κ2) is 5.81. The van der Waals surface area contributed by atoms with E-state index < -0.39 is 0 Å². The van der Waals surface area contributed by atoms with Crippen LogP contribution < -0.4 is 5.73 Å². The van der Waals surface area contributed by atoms with E-state index >= 15 is 0 Å². The molecule has 1 aromatic carbocycles. The van der Waals surface area contributed by atoms with Crippen molar-refractivity contribution in [3.8, 4) is 0 Å². The van der Waals surface area contributed by atoms with Crippen LogP contribution in [0.5, 0.6) is 0 Å². The fraction of sp³-hybridized carbons (Fsp3) is 0.273. The molecular weight excluding hydrogens is 198 g/mol. The van der Waals surface area contributed by atoms with Gasteiger partial charge in [0.1, 0.15) is 0 Å². The minimum Gasteiger partial charge on any atom is -0.392 e. The standard InChI is InChI=1S/C11H14ClNO/c12-11-5-4-9(3-1-2-6-13)7-10(11)8-14/h1,3-5,7,14H,2,6,8,13H2. The van der Waals surface area contributed by atoms with Crippen LogP contribution in [0.25, 0.3) is 6.08 Å². The summed E-state index contributed by atoms with van der Waals surface area (Å²) in [6.45, 7) is 0.619. The van der Waals surface area contributed by atoms with Gasteiger partial charge in [0.15, 0.2) is 0 Å². The molecule has 0 radical (unpaired) electrons. The van der Waals surface area contributed by atoms with Crippen LogP contribution in [0.2, 0.25) is 5.02 Å². The number of hydrogen-bond donors (Lipinski definition) is 2. The van der Waals surface area contributed by atoms with Gasteiger partial charge in [0.2, 0.25) is 0 Å². The van der Waals surface area contributed by atoms with Crippen molar-refractivity contribution in [2.24, 2.45) is 5.73 Å². The largest absolute Gasteiger partial charge is 0.392 e.